The number of oxazole rings is 1. The molecule has 0 spiro atoms. The molecule has 1 aromatic carbocycles. The van der Waals surface area contributed by atoms with Gasteiger partial charge in [0.25, 0.3) is 0 Å². The van der Waals surface area contributed by atoms with Gasteiger partial charge < -0.3 is 9.15 Å². The number of hydrogen-bond acceptors (Lipinski definition) is 6. The molecule has 3 aromatic rings. The van der Waals surface area contributed by atoms with E-state index in [1.807, 2.05) is 6.92 Å². The van der Waals surface area contributed by atoms with Crippen LogP contribution in [0.3, 0.4) is 0 Å². The Morgan fingerprint density at radius 1 is 1.15 bits per heavy atom. The summed E-state index contributed by atoms with van der Waals surface area (Å²) >= 11 is 0. The highest BCUT2D eigenvalue weighted by molar-refractivity contribution is 5.54. The molecule has 0 saturated carbocycles. The Morgan fingerprint density at radius 3 is 2.63 bits per heavy atom. The molecule has 1 saturated heterocycles. The maximum absolute atomic E-state index is 14.0. The van der Waals surface area contributed by atoms with Crippen molar-refractivity contribution in [3.8, 4) is 17.5 Å². The molecule has 0 unspecified atom stereocenters. The van der Waals surface area contributed by atoms with E-state index in [2.05, 4.69) is 19.9 Å². The predicted octanol–water partition coefficient (Wildman–Crippen LogP) is 3.62. The SMILES string of the molecule is Cc1oc(-c2ccccc2F)nc1CN1CCC(Oc2ncccn2)CC1. The van der Waals surface area contributed by atoms with Gasteiger partial charge in [0.15, 0.2) is 0 Å². The quantitative estimate of drug-likeness (QED) is 0.685. The molecule has 0 bridgehead atoms. The summed E-state index contributed by atoms with van der Waals surface area (Å²) in [5.74, 6) is 0.732. The first kappa shape index (κ1) is 17.6. The molecule has 4 rings (SSSR count). The summed E-state index contributed by atoms with van der Waals surface area (Å²) in [7, 11) is 0. The third-order valence-corrected chi connectivity index (χ3v) is 4.72. The van der Waals surface area contributed by atoms with Gasteiger partial charge in [0.1, 0.15) is 17.7 Å². The third-order valence-electron chi connectivity index (χ3n) is 4.72. The van der Waals surface area contributed by atoms with Crippen LogP contribution in [0.15, 0.2) is 47.1 Å². The molecule has 0 N–H and O–H groups in total. The summed E-state index contributed by atoms with van der Waals surface area (Å²) < 4.78 is 25.5. The largest absolute Gasteiger partial charge is 0.460 e. The Kier molecular flexibility index (Phi) is 5.11. The molecule has 6 nitrogen and oxygen atoms in total. The van der Waals surface area contributed by atoms with E-state index in [-0.39, 0.29) is 11.9 Å². The van der Waals surface area contributed by atoms with Crippen molar-refractivity contribution in [2.75, 3.05) is 13.1 Å². The number of benzene rings is 1. The van der Waals surface area contributed by atoms with Crippen LogP contribution >= 0.6 is 0 Å². The number of aromatic nitrogens is 3. The summed E-state index contributed by atoms with van der Waals surface area (Å²) in [6.07, 6.45) is 5.27. The van der Waals surface area contributed by atoms with Crippen molar-refractivity contribution in [2.45, 2.75) is 32.4 Å². The zero-order chi connectivity index (χ0) is 18.6. The van der Waals surface area contributed by atoms with Gasteiger partial charge >= 0.3 is 6.01 Å². The van der Waals surface area contributed by atoms with Crippen molar-refractivity contribution in [3.63, 3.8) is 0 Å². The fourth-order valence-electron chi connectivity index (χ4n) is 3.22. The molecule has 1 aliphatic heterocycles. The number of ether oxygens (including phenoxy) is 1. The summed E-state index contributed by atoms with van der Waals surface area (Å²) in [6.45, 7) is 4.32. The molecule has 3 heterocycles. The molecular weight excluding hydrogens is 347 g/mol. The Hall–Kier alpha value is -2.80. The molecule has 27 heavy (non-hydrogen) atoms. The molecule has 0 aliphatic carbocycles. The number of likely N-dealkylation sites (tertiary alicyclic amines) is 1. The maximum atomic E-state index is 14.0. The highest BCUT2D eigenvalue weighted by atomic mass is 19.1. The molecule has 0 amide bonds. The van der Waals surface area contributed by atoms with Gasteiger partial charge in [-0.15, -0.1) is 0 Å². The Morgan fingerprint density at radius 2 is 1.89 bits per heavy atom. The standard InChI is InChI=1S/C20H21FN4O2/c1-14-18(24-19(26-14)16-5-2-3-6-17(16)21)13-25-11-7-15(8-12-25)27-20-22-9-4-10-23-20/h2-6,9-10,15H,7-8,11-13H2,1H3. The fourth-order valence-corrected chi connectivity index (χ4v) is 3.22. The van der Waals surface area contributed by atoms with E-state index in [4.69, 9.17) is 9.15 Å². The van der Waals surface area contributed by atoms with E-state index >= 15 is 0 Å². The first-order valence-corrected chi connectivity index (χ1v) is 9.06. The maximum Gasteiger partial charge on any atom is 0.316 e. The van der Waals surface area contributed by atoms with E-state index in [1.165, 1.54) is 6.07 Å². The number of hydrogen-bond donors (Lipinski definition) is 0. The van der Waals surface area contributed by atoms with E-state index in [0.717, 1.165) is 37.4 Å². The van der Waals surface area contributed by atoms with Crippen molar-refractivity contribution >= 4 is 0 Å². The van der Waals surface area contributed by atoms with Crippen LogP contribution in [0.25, 0.3) is 11.5 Å². The second-order valence-corrected chi connectivity index (χ2v) is 6.63. The monoisotopic (exact) mass is 368 g/mol. The van der Waals surface area contributed by atoms with Gasteiger partial charge in [0, 0.05) is 32.0 Å². The van der Waals surface area contributed by atoms with Crippen LogP contribution in [0.4, 0.5) is 4.39 Å². The van der Waals surface area contributed by atoms with Crippen LogP contribution in [0.1, 0.15) is 24.3 Å². The van der Waals surface area contributed by atoms with Crippen molar-refractivity contribution < 1.29 is 13.5 Å². The van der Waals surface area contributed by atoms with Gasteiger partial charge in [0.2, 0.25) is 5.89 Å². The summed E-state index contributed by atoms with van der Waals surface area (Å²) in [4.78, 5) is 15.0. The van der Waals surface area contributed by atoms with Crippen LogP contribution in [0, 0.1) is 12.7 Å². The molecule has 1 aliphatic rings. The smallest absolute Gasteiger partial charge is 0.316 e. The highest BCUT2D eigenvalue weighted by Gasteiger charge is 2.23. The summed E-state index contributed by atoms with van der Waals surface area (Å²) in [5, 5.41) is 0. The van der Waals surface area contributed by atoms with Crippen molar-refractivity contribution in [1.29, 1.82) is 0 Å². The van der Waals surface area contributed by atoms with Gasteiger partial charge in [-0.2, -0.15) is 0 Å². The molecule has 0 radical (unpaired) electrons. The number of nitrogens with zero attached hydrogens (tertiary/aromatic N) is 4. The molecule has 2 aromatic heterocycles. The summed E-state index contributed by atoms with van der Waals surface area (Å²) in [6, 6.07) is 8.72. The number of halogens is 1. The van der Waals surface area contributed by atoms with Crippen molar-refractivity contribution in [1.82, 2.24) is 19.9 Å². The van der Waals surface area contributed by atoms with Crippen molar-refractivity contribution in [3.05, 3.63) is 60.0 Å². The molecular formula is C20H21FN4O2. The lowest BCUT2D eigenvalue weighted by molar-refractivity contribution is 0.0885. The minimum absolute atomic E-state index is 0.121. The molecule has 7 heteroatoms. The minimum atomic E-state index is -0.327. The Bertz CT molecular complexity index is 892. The predicted molar refractivity (Wildman–Crippen MR) is 97.6 cm³/mol. The van der Waals surface area contributed by atoms with E-state index in [1.54, 1.807) is 36.7 Å². The second kappa shape index (κ2) is 7.84. The van der Waals surface area contributed by atoms with E-state index in [0.29, 0.717) is 24.0 Å². The van der Waals surface area contributed by atoms with Crippen LogP contribution in [-0.2, 0) is 6.54 Å². The zero-order valence-corrected chi connectivity index (χ0v) is 15.1. The van der Waals surface area contributed by atoms with Gasteiger partial charge in [-0.25, -0.2) is 19.3 Å². The average Bonchev–Trinajstić information content (AvgIpc) is 3.05. The van der Waals surface area contributed by atoms with Gasteiger partial charge in [-0.05, 0) is 38.0 Å². The molecule has 140 valence electrons. The van der Waals surface area contributed by atoms with Gasteiger partial charge in [-0.1, -0.05) is 12.1 Å². The lowest BCUT2D eigenvalue weighted by Gasteiger charge is -2.31. The Balaban J connectivity index is 1.36. The lowest BCUT2D eigenvalue weighted by Crippen LogP contribution is -2.38. The normalized spacial score (nSPS) is 15.8. The highest BCUT2D eigenvalue weighted by Crippen LogP contribution is 2.25. The van der Waals surface area contributed by atoms with Gasteiger partial charge in [-0.3, -0.25) is 4.90 Å². The third kappa shape index (κ3) is 4.14. The first-order chi connectivity index (χ1) is 13.2. The first-order valence-electron chi connectivity index (χ1n) is 9.06. The fraction of sp³-hybridized carbons (Fsp3) is 0.350. The van der Waals surface area contributed by atoms with Crippen LogP contribution < -0.4 is 4.74 Å². The van der Waals surface area contributed by atoms with E-state index in [9.17, 15) is 4.39 Å². The van der Waals surface area contributed by atoms with Crippen molar-refractivity contribution in [2.24, 2.45) is 0 Å². The van der Waals surface area contributed by atoms with Gasteiger partial charge in [0.05, 0.1) is 11.3 Å². The number of aryl methyl sites for hydroxylation is 1. The Labute approximate surface area is 157 Å². The summed E-state index contributed by atoms with van der Waals surface area (Å²) in [5.41, 5.74) is 1.24. The lowest BCUT2D eigenvalue weighted by atomic mass is 10.1. The molecule has 0 atom stereocenters. The minimum Gasteiger partial charge on any atom is -0.460 e. The van der Waals surface area contributed by atoms with Crippen LogP contribution in [0.5, 0.6) is 6.01 Å². The van der Waals surface area contributed by atoms with Crippen LogP contribution in [0.2, 0.25) is 0 Å². The van der Waals surface area contributed by atoms with E-state index < -0.39 is 0 Å². The topological polar surface area (TPSA) is 64.3 Å². The zero-order valence-electron chi connectivity index (χ0n) is 15.1. The second-order valence-electron chi connectivity index (χ2n) is 6.63. The average molecular weight is 368 g/mol. The number of rotatable bonds is 5. The number of piperidine rings is 1. The molecule has 1 fully saturated rings. The van der Waals surface area contributed by atoms with Crippen LogP contribution in [-0.4, -0.2) is 39.0 Å².